The molecule has 0 aromatic carbocycles. The van der Waals surface area contributed by atoms with E-state index < -0.39 is 5.97 Å². The maximum Gasteiger partial charge on any atom is 0.306 e. The molecule has 0 aliphatic heterocycles. The second kappa shape index (κ2) is 4.30. The normalized spacial score (nSPS) is 33.7. The van der Waals surface area contributed by atoms with Crippen LogP contribution in [0.5, 0.6) is 0 Å². The van der Waals surface area contributed by atoms with Crippen molar-refractivity contribution in [1.82, 2.24) is 5.32 Å². The third kappa shape index (κ3) is 2.27. The summed E-state index contributed by atoms with van der Waals surface area (Å²) >= 11 is 0. The van der Waals surface area contributed by atoms with E-state index in [0.717, 1.165) is 12.8 Å². The van der Waals surface area contributed by atoms with Crippen molar-refractivity contribution >= 4 is 5.97 Å². The van der Waals surface area contributed by atoms with Crippen molar-refractivity contribution in [2.24, 2.45) is 5.92 Å². The van der Waals surface area contributed by atoms with Gasteiger partial charge in [-0.3, -0.25) is 4.79 Å². The lowest BCUT2D eigenvalue weighted by Gasteiger charge is -2.37. The van der Waals surface area contributed by atoms with Crippen LogP contribution in [0.3, 0.4) is 0 Å². The van der Waals surface area contributed by atoms with Crippen molar-refractivity contribution in [3.05, 3.63) is 0 Å². The first kappa shape index (κ1) is 9.97. The summed E-state index contributed by atoms with van der Waals surface area (Å²) in [5, 5.41) is 12.3. The van der Waals surface area contributed by atoms with Crippen LogP contribution in [0.4, 0.5) is 0 Å². The van der Waals surface area contributed by atoms with Gasteiger partial charge >= 0.3 is 5.97 Å². The van der Waals surface area contributed by atoms with Crippen LogP contribution in [-0.4, -0.2) is 23.2 Å². The zero-order chi connectivity index (χ0) is 9.97. The van der Waals surface area contributed by atoms with E-state index in [1.165, 1.54) is 32.1 Å². The minimum Gasteiger partial charge on any atom is -0.481 e. The number of carboxylic acid groups (broad SMARTS) is 1. The van der Waals surface area contributed by atoms with Crippen LogP contribution in [0.2, 0.25) is 0 Å². The highest BCUT2D eigenvalue weighted by molar-refractivity contribution is 5.71. The summed E-state index contributed by atoms with van der Waals surface area (Å²) in [7, 11) is 0. The molecule has 0 amide bonds. The highest BCUT2D eigenvalue weighted by Crippen LogP contribution is 2.29. The number of carbonyl (C=O) groups is 1. The first-order chi connectivity index (χ1) is 6.75. The summed E-state index contributed by atoms with van der Waals surface area (Å²) in [6.45, 7) is 0. The van der Waals surface area contributed by atoms with Crippen molar-refractivity contribution in [2.75, 3.05) is 0 Å². The standard InChI is InChI=1S/C11H19NO2/c13-11(14)8-6-10(7-8)12-9-4-2-1-3-5-9/h8-10,12H,1-7H2,(H,13,14). The fourth-order valence-electron chi connectivity index (χ4n) is 2.56. The molecule has 0 aromatic heterocycles. The molecule has 80 valence electrons. The molecule has 2 aliphatic carbocycles. The molecular weight excluding hydrogens is 178 g/mol. The van der Waals surface area contributed by atoms with E-state index in [0.29, 0.717) is 12.1 Å². The van der Waals surface area contributed by atoms with Gasteiger partial charge in [-0.1, -0.05) is 19.3 Å². The van der Waals surface area contributed by atoms with Gasteiger partial charge in [0, 0.05) is 12.1 Å². The number of nitrogens with one attached hydrogen (secondary N) is 1. The fourth-order valence-corrected chi connectivity index (χ4v) is 2.56. The zero-order valence-corrected chi connectivity index (χ0v) is 8.54. The first-order valence-electron chi connectivity index (χ1n) is 5.74. The molecule has 2 saturated carbocycles. The van der Waals surface area contributed by atoms with E-state index in [1.807, 2.05) is 0 Å². The summed E-state index contributed by atoms with van der Waals surface area (Å²) in [5.74, 6) is -0.692. The Balaban J connectivity index is 1.65. The maximum atomic E-state index is 10.6. The van der Waals surface area contributed by atoms with Gasteiger partial charge in [-0.05, 0) is 25.7 Å². The highest BCUT2D eigenvalue weighted by Gasteiger charge is 2.35. The SMILES string of the molecule is O=C(O)C1CC(NC2CCCCC2)C1. The third-order valence-electron chi connectivity index (χ3n) is 3.56. The summed E-state index contributed by atoms with van der Waals surface area (Å²) in [6.07, 6.45) is 8.31. The van der Waals surface area contributed by atoms with Crippen LogP contribution in [-0.2, 0) is 4.79 Å². The number of hydrogen-bond donors (Lipinski definition) is 2. The Kier molecular flexibility index (Phi) is 3.06. The molecule has 2 aliphatic rings. The van der Waals surface area contributed by atoms with Gasteiger partial charge in [0.2, 0.25) is 0 Å². The monoisotopic (exact) mass is 197 g/mol. The number of hydrogen-bond acceptors (Lipinski definition) is 2. The van der Waals surface area contributed by atoms with Crippen LogP contribution in [0.15, 0.2) is 0 Å². The molecule has 0 radical (unpaired) electrons. The van der Waals surface area contributed by atoms with Gasteiger partial charge in [-0.25, -0.2) is 0 Å². The largest absolute Gasteiger partial charge is 0.481 e. The number of rotatable bonds is 3. The van der Waals surface area contributed by atoms with Crippen molar-refractivity contribution in [2.45, 2.75) is 57.0 Å². The van der Waals surface area contributed by atoms with E-state index in [-0.39, 0.29) is 5.92 Å². The smallest absolute Gasteiger partial charge is 0.306 e. The van der Waals surface area contributed by atoms with Crippen LogP contribution in [0.1, 0.15) is 44.9 Å². The number of carboxylic acids is 1. The summed E-state index contributed by atoms with van der Waals surface area (Å²) in [6, 6.07) is 1.16. The molecular formula is C11H19NO2. The molecule has 2 fully saturated rings. The molecule has 0 bridgehead atoms. The predicted octanol–water partition coefficient (Wildman–Crippen LogP) is 1.77. The van der Waals surface area contributed by atoms with Gasteiger partial charge in [0.1, 0.15) is 0 Å². The summed E-state index contributed by atoms with van der Waals surface area (Å²) in [4.78, 5) is 10.6. The quantitative estimate of drug-likeness (QED) is 0.725. The summed E-state index contributed by atoms with van der Waals surface area (Å²) in [5.41, 5.74) is 0. The highest BCUT2D eigenvalue weighted by atomic mass is 16.4. The van der Waals surface area contributed by atoms with Crippen molar-refractivity contribution < 1.29 is 9.90 Å². The Morgan fingerprint density at radius 3 is 2.29 bits per heavy atom. The van der Waals surface area contributed by atoms with Gasteiger partial charge in [0.15, 0.2) is 0 Å². The van der Waals surface area contributed by atoms with E-state index in [2.05, 4.69) is 5.32 Å². The molecule has 3 nitrogen and oxygen atoms in total. The topological polar surface area (TPSA) is 49.3 Å². The summed E-state index contributed by atoms with van der Waals surface area (Å²) < 4.78 is 0. The molecule has 0 aromatic rings. The van der Waals surface area contributed by atoms with Crippen molar-refractivity contribution in [3.63, 3.8) is 0 Å². The zero-order valence-electron chi connectivity index (χ0n) is 8.54. The van der Waals surface area contributed by atoms with Crippen molar-refractivity contribution in [1.29, 1.82) is 0 Å². The Labute approximate surface area is 84.9 Å². The lowest BCUT2D eigenvalue weighted by Crippen LogP contribution is -2.48. The lowest BCUT2D eigenvalue weighted by molar-refractivity contribution is -0.145. The molecule has 0 atom stereocenters. The minimum atomic E-state index is -0.619. The Bertz CT molecular complexity index is 205. The average Bonchev–Trinajstić information content (AvgIpc) is 2.12. The molecule has 0 heterocycles. The van der Waals surface area contributed by atoms with E-state index in [9.17, 15) is 4.79 Å². The van der Waals surface area contributed by atoms with Gasteiger partial charge < -0.3 is 10.4 Å². The van der Waals surface area contributed by atoms with Crippen molar-refractivity contribution in [3.8, 4) is 0 Å². The molecule has 0 saturated heterocycles. The van der Waals surface area contributed by atoms with Gasteiger partial charge in [-0.2, -0.15) is 0 Å². The van der Waals surface area contributed by atoms with Crippen LogP contribution >= 0.6 is 0 Å². The maximum absolute atomic E-state index is 10.6. The predicted molar refractivity (Wildman–Crippen MR) is 54.2 cm³/mol. The Morgan fingerprint density at radius 1 is 1.07 bits per heavy atom. The van der Waals surface area contributed by atoms with Gasteiger partial charge in [0.05, 0.1) is 5.92 Å². The van der Waals surface area contributed by atoms with E-state index >= 15 is 0 Å². The van der Waals surface area contributed by atoms with Crippen LogP contribution in [0.25, 0.3) is 0 Å². The average molecular weight is 197 g/mol. The van der Waals surface area contributed by atoms with E-state index in [4.69, 9.17) is 5.11 Å². The van der Waals surface area contributed by atoms with E-state index in [1.54, 1.807) is 0 Å². The molecule has 3 heteroatoms. The molecule has 0 spiro atoms. The molecule has 0 unspecified atom stereocenters. The fraction of sp³-hybridized carbons (Fsp3) is 0.909. The van der Waals surface area contributed by atoms with Crippen LogP contribution in [0, 0.1) is 5.92 Å². The first-order valence-corrected chi connectivity index (χ1v) is 5.74. The second-order valence-corrected chi connectivity index (χ2v) is 4.71. The molecule has 14 heavy (non-hydrogen) atoms. The minimum absolute atomic E-state index is 0.0731. The lowest BCUT2D eigenvalue weighted by atomic mass is 9.79. The van der Waals surface area contributed by atoms with Gasteiger partial charge in [-0.15, -0.1) is 0 Å². The Morgan fingerprint density at radius 2 is 1.71 bits per heavy atom. The molecule has 2 rings (SSSR count). The number of aliphatic carboxylic acids is 1. The van der Waals surface area contributed by atoms with Gasteiger partial charge in [0.25, 0.3) is 0 Å². The van der Waals surface area contributed by atoms with Crippen LogP contribution < -0.4 is 5.32 Å². The Hall–Kier alpha value is -0.570. The second-order valence-electron chi connectivity index (χ2n) is 4.71. The molecule has 2 N–H and O–H groups in total. The third-order valence-corrected chi connectivity index (χ3v) is 3.56.